The quantitative estimate of drug-likeness (QED) is 0.595. The van der Waals surface area contributed by atoms with Crippen molar-refractivity contribution in [2.24, 2.45) is 0 Å². The lowest BCUT2D eigenvalue weighted by atomic mass is 9.95. The number of carbonyl (C=O) groups is 3. The monoisotopic (exact) mass is 415 g/mol. The minimum Gasteiger partial charge on any atom is -0.486 e. The number of anilines is 1. The number of ketones is 1. The van der Waals surface area contributed by atoms with E-state index in [-0.39, 0.29) is 18.3 Å². The first kappa shape index (κ1) is 19.4. The third-order valence-electron chi connectivity index (χ3n) is 4.86. The number of benzene rings is 1. The molecular formula is C21H21NO6S. The van der Waals surface area contributed by atoms with Gasteiger partial charge in [-0.1, -0.05) is 0 Å². The van der Waals surface area contributed by atoms with Crippen LogP contribution in [0.4, 0.5) is 5.00 Å². The molecule has 29 heavy (non-hydrogen) atoms. The number of nitrogens with one attached hydrogen (secondary N) is 1. The van der Waals surface area contributed by atoms with Gasteiger partial charge in [0.1, 0.15) is 18.2 Å². The number of hydrogen-bond donors (Lipinski definition) is 1. The number of fused-ring (bicyclic) bond motifs is 2. The standard InChI is InChI=1S/C21H21NO6S/c1-12(23)22-20-19(14-4-2-3-5-18(14)29-20)21(25)28-11-15(24)13-6-7-16-17(10-13)27-9-8-26-16/h6-7,10H,2-5,8-9,11H2,1H3,(H,22,23). The van der Waals surface area contributed by atoms with E-state index in [2.05, 4.69) is 5.32 Å². The van der Waals surface area contributed by atoms with Crippen LogP contribution in [0.5, 0.6) is 11.5 Å². The minimum atomic E-state index is -0.584. The number of amides is 1. The third kappa shape index (κ3) is 4.12. The first-order valence-electron chi connectivity index (χ1n) is 9.55. The van der Waals surface area contributed by atoms with Gasteiger partial charge >= 0.3 is 5.97 Å². The van der Waals surface area contributed by atoms with Crippen LogP contribution in [0, 0.1) is 0 Å². The zero-order chi connectivity index (χ0) is 20.4. The van der Waals surface area contributed by atoms with Crippen LogP contribution in [0.3, 0.4) is 0 Å². The van der Waals surface area contributed by atoms with E-state index in [0.717, 1.165) is 36.1 Å². The lowest BCUT2D eigenvalue weighted by Gasteiger charge is -2.18. The number of Topliss-reactive ketones (excluding diaryl/α,β-unsaturated/α-hetero) is 1. The molecule has 1 amide bonds. The average molecular weight is 415 g/mol. The molecule has 0 saturated carbocycles. The molecule has 8 heteroatoms. The molecule has 7 nitrogen and oxygen atoms in total. The van der Waals surface area contributed by atoms with Gasteiger partial charge in [-0.2, -0.15) is 0 Å². The predicted octanol–water partition coefficient (Wildman–Crippen LogP) is 3.40. The highest BCUT2D eigenvalue weighted by Crippen LogP contribution is 2.38. The summed E-state index contributed by atoms with van der Waals surface area (Å²) in [5.41, 5.74) is 1.70. The van der Waals surface area contributed by atoms with Crippen molar-refractivity contribution in [2.45, 2.75) is 32.6 Å². The predicted molar refractivity (Wildman–Crippen MR) is 107 cm³/mol. The highest BCUT2D eigenvalue weighted by atomic mass is 32.1. The van der Waals surface area contributed by atoms with Crippen molar-refractivity contribution < 1.29 is 28.6 Å². The summed E-state index contributed by atoms with van der Waals surface area (Å²) >= 11 is 1.42. The van der Waals surface area contributed by atoms with E-state index in [9.17, 15) is 14.4 Å². The van der Waals surface area contributed by atoms with Gasteiger partial charge in [-0.25, -0.2) is 4.79 Å². The second-order valence-electron chi connectivity index (χ2n) is 6.95. The molecule has 2 aliphatic rings. The number of rotatable bonds is 5. The normalized spacial score (nSPS) is 14.7. The van der Waals surface area contributed by atoms with Crippen LogP contribution in [-0.4, -0.2) is 37.5 Å². The van der Waals surface area contributed by atoms with Crippen LogP contribution in [-0.2, 0) is 22.4 Å². The molecule has 1 aliphatic carbocycles. The van der Waals surface area contributed by atoms with Gasteiger partial charge in [0.25, 0.3) is 0 Å². The summed E-state index contributed by atoms with van der Waals surface area (Å²) < 4.78 is 16.3. The fourth-order valence-corrected chi connectivity index (χ4v) is 4.86. The van der Waals surface area contributed by atoms with Gasteiger partial charge < -0.3 is 19.5 Å². The van der Waals surface area contributed by atoms with Crippen LogP contribution in [0.2, 0.25) is 0 Å². The third-order valence-corrected chi connectivity index (χ3v) is 6.07. The molecule has 1 aromatic carbocycles. The summed E-state index contributed by atoms with van der Waals surface area (Å²) in [6, 6.07) is 4.90. The van der Waals surface area contributed by atoms with Crippen molar-refractivity contribution in [3.63, 3.8) is 0 Å². The van der Waals surface area contributed by atoms with Crippen LogP contribution < -0.4 is 14.8 Å². The molecule has 1 aromatic heterocycles. The number of thiophene rings is 1. The Hall–Kier alpha value is -2.87. The highest BCUT2D eigenvalue weighted by molar-refractivity contribution is 7.17. The van der Waals surface area contributed by atoms with Gasteiger partial charge in [0.15, 0.2) is 23.9 Å². The molecule has 2 heterocycles. The Morgan fingerprint density at radius 3 is 2.66 bits per heavy atom. The van der Waals surface area contributed by atoms with Crippen molar-refractivity contribution in [1.29, 1.82) is 0 Å². The smallest absolute Gasteiger partial charge is 0.341 e. The number of esters is 1. The van der Waals surface area contributed by atoms with Crippen LogP contribution in [0.25, 0.3) is 0 Å². The van der Waals surface area contributed by atoms with Gasteiger partial charge in [0.2, 0.25) is 5.91 Å². The Morgan fingerprint density at radius 2 is 1.86 bits per heavy atom. The average Bonchev–Trinajstić information content (AvgIpc) is 3.08. The minimum absolute atomic E-state index is 0.245. The number of carbonyl (C=O) groups excluding carboxylic acids is 3. The van der Waals surface area contributed by atoms with Crippen LogP contribution >= 0.6 is 11.3 Å². The lowest BCUT2D eigenvalue weighted by molar-refractivity contribution is -0.114. The molecule has 1 aliphatic heterocycles. The van der Waals surface area contributed by atoms with Crippen LogP contribution in [0.1, 0.15) is 50.9 Å². The lowest BCUT2D eigenvalue weighted by Crippen LogP contribution is -2.18. The summed E-state index contributed by atoms with van der Waals surface area (Å²) in [5.74, 6) is -0.0625. The topological polar surface area (TPSA) is 90.9 Å². The number of hydrogen-bond acceptors (Lipinski definition) is 7. The fourth-order valence-electron chi connectivity index (χ4n) is 3.53. The van der Waals surface area contributed by atoms with E-state index in [4.69, 9.17) is 14.2 Å². The summed E-state index contributed by atoms with van der Waals surface area (Å²) in [4.78, 5) is 37.9. The van der Waals surface area contributed by atoms with Crippen LogP contribution in [0.15, 0.2) is 18.2 Å². The van der Waals surface area contributed by atoms with E-state index in [1.807, 2.05) is 0 Å². The Kier molecular flexibility index (Phi) is 5.53. The number of aryl methyl sites for hydroxylation is 1. The van der Waals surface area contributed by atoms with Crippen molar-refractivity contribution in [1.82, 2.24) is 0 Å². The van der Waals surface area contributed by atoms with Gasteiger partial charge in [0.05, 0.1) is 5.56 Å². The maximum Gasteiger partial charge on any atom is 0.341 e. The zero-order valence-electron chi connectivity index (χ0n) is 16.0. The molecule has 2 aromatic rings. The molecule has 0 spiro atoms. The number of ether oxygens (including phenoxy) is 3. The van der Waals surface area contributed by atoms with Gasteiger partial charge in [-0.05, 0) is 49.4 Å². The Balaban J connectivity index is 1.49. The van der Waals surface area contributed by atoms with E-state index < -0.39 is 5.97 Å². The van der Waals surface area contributed by atoms with Gasteiger partial charge in [-0.15, -0.1) is 11.3 Å². The van der Waals surface area contributed by atoms with Crippen molar-refractivity contribution >= 4 is 34.0 Å². The largest absolute Gasteiger partial charge is 0.486 e. The van der Waals surface area contributed by atoms with Gasteiger partial charge in [0, 0.05) is 17.4 Å². The Bertz CT molecular complexity index is 980. The van der Waals surface area contributed by atoms with Crippen molar-refractivity contribution in [3.8, 4) is 11.5 Å². The molecule has 0 saturated heterocycles. The summed E-state index contributed by atoms with van der Waals surface area (Å²) in [6.45, 7) is 1.91. The second kappa shape index (κ2) is 8.24. The summed E-state index contributed by atoms with van der Waals surface area (Å²) in [7, 11) is 0. The molecule has 0 fully saturated rings. The maximum atomic E-state index is 12.8. The molecule has 0 bridgehead atoms. The Labute approximate surface area is 172 Å². The molecule has 1 N–H and O–H groups in total. The zero-order valence-corrected chi connectivity index (χ0v) is 16.9. The molecule has 0 atom stereocenters. The second-order valence-corrected chi connectivity index (χ2v) is 8.06. The SMILES string of the molecule is CC(=O)Nc1sc2c(c1C(=O)OCC(=O)c1ccc3c(c1)OCCO3)CCCC2. The van der Waals surface area contributed by atoms with E-state index in [0.29, 0.717) is 40.8 Å². The highest BCUT2D eigenvalue weighted by Gasteiger charge is 2.27. The van der Waals surface area contributed by atoms with Crippen molar-refractivity contribution in [3.05, 3.63) is 39.8 Å². The van der Waals surface area contributed by atoms with Gasteiger partial charge in [-0.3, -0.25) is 9.59 Å². The first-order chi connectivity index (χ1) is 14.0. The fraction of sp³-hybridized carbons (Fsp3) is 0.381. The Morgan fingerprint density at radius 1 is 1.10 bits per heavy atom. The summed E-state index contributed by atoms with van der Waals surface area (Å²) in [5, 5.41) is 3.23. The molecule has 152 valence electrons. The molecule has 0 radical (unpaired) electrons. The van der Waals surface area contributed by atoms with E-state index in [1.165, 1.54) is 18.3 Å². The summed E-state index contributed by atoms with van der Waals surface area (Å²) in [6.07, 6.45) is 3.70. The molecular weight excluding hydrogens is 394 g/mol. The van der Waals surface area contributed by atoms with E-state index >= 15 is 0 Å². The molecule has 0 unspecified atom stereocenters. The van der Waals surface area contributed by atoms with Crippen molar-refractivity contribution in [2.75, 3.05) is 25.1 Å². The molecule has 4 rings (SSSR count). The van der Waals surface area contributed by atoms with E-state index in [1.54, 1.807) is 18.2 Å². The first-order valence-corrected chi connectivity index (χ1v) is 10.4. The maximum absolute atomic E-state index is 12.8.